The predicted octanol–water partition coefficient (Wildman–Crippen LogP) is 16.5. The molecule has 1 amide bonds. The van der Waals surface area contributed by atoms with Gasteiger partial charge in [-0.3, -0.25) is 9.59 Å². The van der Waals surface area contributed by atoms with Gasteiger partial charge < -0.3 is 20.3 Å². The number of hydrogen-bond acceptors (Lipinski definition) is 5. The maximum absolute atomic E-state index is 12.4. The SMILES string of the molecule is CCCC/C=C\CCCCCCCC(=O)OCC/C=C\C/C=C\CCCCCCCCCCCCCCCCC(=O)NC(CO)C(O)CCCCCCCCCCCCCCC. The van der Waals surface area contributed by atoms with E-state index >= 15 is 0 Å². The maximum atomic E-state index is 12.4. The Bertz CT molecular complexity index is 1010. The number of aliphatic hydroxyl groups excluding tert-OH is 2. The minimum Gasteiger partial charge on any atom is -0.465 e. The van der Waals surface area contributed by atoms with E-state index in [2.05, 4.69) is 55.6 Å². The van der Waals surface area contributed by atoms with E-state index in [9.17, 15) is 19.8 Å². The first-order valence-corrected chi connectivity index (χ1v) is 27.2. The molecule has 2 atom stereocenters. The first-order chi connectivity index (χ1) is 30.5. The lowest BCUT2D eigenvalue weighted by molar-refractivity contribution is -0.143. The number of amides is 1. The highest BCUT2D eigenvalue weighted by Crippen LogP contribution is 2.16. The van der Waals surface area contributed by atoms with Gasteiger partial charge >= 0.3 is 5.97 Å². The number of carbonyl (C=O) groups is 2. The molecule has 364 valence electrons. The molecule has 0 aliphatic rings. The fraction of sp³-hybridized carbons (Fsp3) is 0.857. The number of carbonyl (C=O) groups excluding carboxylic acids is 2. The van der Waals surface area contributed by atoms with Crippen LogP contribution >= 0.6 is 0 Å². The van der Waals surface area contributed by atoms with Crippen molar-refractivity contribution in [2.75, 3.05) is 13.2 Å². The molecule has 6 nitrogen and oxygen atoms in total. The number of ether oxygens (including phenoxy) is 1. The Morgan fingerprint density at radius 2 is 0.823 bits per heavy atom. The highest BCUT2D eigenvalue weighted by Gasteiger charge is 2.20. The van der Waals surface area contributed by atoms with Gasteiger partial charge in [0.05, 0.1) is 25.4 Å². The van der Waals surface area contributed by atoms with Crippen molar-refractivity contribution in [3.63, 3.8) is 0 Å². The number of unbranched alkanes of at least 4 members (excludes halogenated alkanes) is 33. The molecule has 3 N–H and O–H groups in total. The number of hydrogen-bond donors (Lipinski definition) is 3. The molecular weight excluding hydrogens is 767 g/mol. The van der Waals surface area contributed by atoms with Crippen LogP contribution in [0.1, 0.15) is 284 Å². The molecule has 0 aliphatic carbocycles. The van der Waals surface area contributed by atoms with E-state index in [0.717, 1.165) is 51.4 Å². The van der Waals surface area contributed by atoms with Crippen LogP contribution in [0, 0.1) is 0 Å². The summed E-state index contributed by atoms with van der Waals surface area (Å²) in [6, 6.07) is -0.544. The third-order valence-electron chi connectivity index (χ3n) is 12.4. The predicted molar refractivity (Wildman–Crippen MR) is 269 cm³/mol. The van der Waals surface area contributed by atoms with E-state index in [0.29, 0.717) is 25.9 Å². The summed E-state index contributed by atoms with van der Waals surface area (Å²) in [7, 11) is 0. The van der Waals surface area contributed by atoms with Crippen LogP contribution < -0.4 is 5.32 Å². The second kappa shape index (κ2) is 51.7. The highest BCUT2D eigenvalue weighted by molar-refractivity contribution is 5.76. The number of esters is 1. The van der Waals surface area contributed by atoms with Crippen molar-refractivity contribution < 1.29 is 24.5 Å². The minimum atomic E-state index is -0.667. The summed E-state index contributed by atoms with van der Waals surface area (Å²) in [6.45, 7) is 4.80. The largest absolute Gasteiger partial charge is 0.465 e. The van der Waals surface area contributed by atoms with Crippen molar-refractivity contribution in [2.24, 2.45) is 0 Å². The summed E-state index contributed by atoms with van der Waals surface area (Å²) in [5.74, 6) is -0.0869. The molecule has 62 heavy (non-hydrogen) atoms. The number of rotatable bonds is 50. The fourth-order valence-electron chi connectivity index (χ4n) is 8.22. The van der Waals surface area contributed by atoms with Crippen LogP contribution in [0.5, 0.6) is 0 Å². The van der Waals surface area contributed by atoms with Gasteiger partial charge in [0.15, 0.2) is 0 Å². The molecule has 0 bridgehead atoms. The molecule has 2 unspecified atom stereocenters. The maximum Gasteiger partial charge on any atom is 0.305 e. The Hall–Kier alpha value is -1.92. The summed E-state index contributed by atoms with van der Waals surface area (Å²) in [5, 5.41) is 23.2. The molecule has 0 saturated heterocycles. The zero-order chi connectivity index (χ0) is 45.1. The molecule has 0 heterocycles. The fourth-order valence-corrected chi connectivity index (χ4v) is 8.22. The summed E-state index contributed by atoms with van der Waals surface area (Å²) < 4.78 is 5.38. The van der Waals surface area contributed by atoms with Crippen LogP contribution in [-0.4, -0.2) is 47.4 Å². The van der Waals surface area contributed by atoms with E-state index < -0.39 is 12.1 Å². The van der Waals surface area contributed by atoms with Gasteiger partial charge in [-0.1, -0.05) is 243 Å². The van der Waals surface area contributed by atoms with Crippen molar-refractivity contribution in [2.45, 2.75) is 296 Å². The molecule has 0 aliphatic heterocycles. The quantitative estimate of drug-likeness (QED) is 0.0321. The standard InChI is InChI=1S/C56H105NO5/c1-3-5-7-9-11-13-15-25-29-32-36-40-44-48-54(59)53(52-58)57-55(60)49-45-41-37-33-30-26-23-21-19-17-16-18-20-22-24-27-31-35-39-43-47-51-62-56(61)50-46-42-38-34-28-14-12-10-8-6-4-2/h10,12,27,31,39,43,53-54,58-59H,3-9,11,13-26,28-30,32-38,40-42,44-52H2,1-2H3,(H,57,60)/b12-10-,31-27-,43-39-. The summed E-state index contributed by atoms with van der Waals surface area (Å²) in [5.41, 5.74) is 0. The molecule has 0 aromatic rings. The summed E-state index contributed by atoms with van der Waals surface area (Å²) in [4.78, 5) is 24.4. The van der Waals surface area contributed by atoms with Gasteiger partial charge in [-0.15, -0.1) is 0 Å². The van der Waals surface area contributed by atoms with E-state index in [1.807, 2.05) is 0 Å². The first-order valence-electron chi connectivity index (χ1n) is 27.2. The van der Waals surface area contributed by atoms with E-state index in [4.69, 9.17) is 4.74 Å². The lowest BCUT2D eigenvalue weighted by Crippen LogP contribution is -2.45. The number of nitrogens with one attached hydrogen (secondary N) is 1. The average molecular weight is 872 g/mol. The Kier molecular flexibility index (Phi) is 50.1. The lowest BCUT2D eigenvalue weighted by Gasteiger charge is -2.22. The molecule has 6 heteroatoms. The molecule has 0 aromatic carbocycles. The Labute approximate surface area is 385 Å². The third-order valence-corrected chi connectivity index (χ3v) is 12.4. The van der Waals surface area contributed by atoms with Crippen LogP contribution in [0.3, 0.4) is 0 Å². The van der Waals surface area contributed by atoms with Gasteiger partial charge in [0.1, 0.15) is 0 Å². The molecule has 0 fully saturated rings. The monoisotopic (exact) mass is 872 g/mol. The van der Waals surface area contributed by atoms with Crippen LogP contribution in [0.2, 0.25) is 0 Å². The zero-order valence-corrected chi connectivity index (χ0v) is 41.4. The first kappa shape index (κ1) is 60.1. The zero-order valence-electron chi connectivity index (χ0n) is 41.4. The van der Waals surface area contributed by atoms with Gasteiger partial charge in [0.2, 0.25) is 5.91 Å². The highest BCUT2D eigenvalue weighted by atomic mass is 16.5. The molecule has 0 aromatic heterocycles. The molecule has 0 radical (unpaired) electrons. The minimum absolute atomic E-state index is 0.0402. The molecular formula is C56H105NO5. The number of allylic oxidation sites excluding steroid dienone is 5. The second-order valence-corrected chi connectivity index (χ2v) is 18.6. The smallest absolute Gasteiger partial charge is 0.305 e. The van der Waals surface area contributed by atoms with E-state index in [1.54, 1.807) is 0 Å². The topological polar surface area (TPSA) is 95.9 Å². The van der Waals surface area contributed by atoms with Crippen LogP contribution in [0.25, 0.3) is 0 Å². The summed E-state index contributed by atoms with van der Waals surface area (Å²) >= 11 is 0. The van der Waals surface area contributed by atoms with Crippen molar-refractivity contribution in [1.29, 1.82) is 0 Å². The number of aliphatic hydroxyl groups is 2. The van der Waals surface area contributed by atoms with Crippen molar-refractivity contribution in [3.05, 3.63) is 36.5 Å². The van der Waals surface area contributed by atoms with Gasteiger partial charge in [-0.05, 0) is 64.2 Å². The van der Waals surface area contributed by atoms with Crippen molar-refractivity contribution in [1.82, 2.24) is 5.32 Å². The van der Waals surface area contributed by atoms with Gasteiger partial charge in [-0.2, -0.15) is 0 Å². The van der Waals surface area contributed by atoms with E-state index in [-0.39, 0.29) is 18.5 Å². The van der Waals surface area contributed by atoms with E-state index in [1.165, 1.54) is 199 Å². The Balaban J connectivity index is 3.46. The second-order valence-electron chi connectivity index (χ2n) is 18.6. The van der Waals surface area contributed by atoms with Crippen LogP contribution in [0.4, 0.5) is 0 Å². The lowest BCUT2D eigenvalue weighted by atomic mass is 10.0. The molecule has 0 spiro atoms. The van der Waals surface area contributed by atoms with Crippen molar-refractivity contribution >= 4 is 11.9 Å². The van der Waals surface area contributed by atoms with Crippen LogP contribution in [-0.2, 0) is 14.3 Å². The Morgan fingerprint density at radius 1 is 0.452 bits per heavy atom. The van der Waals surface area contributed by atoms with Gasteiger partial charge in [-0.25, -0.2) is 0 Å². The van der Waals surface area contributed by atoms with Gasteiger partial charge in [0.25, 0.3) is 0 Å². The molecule has 0 rings (SSSR count). The van der Waals surface area contributed by atoms with Gasteiger partial charge in [0, 0.05) is 12.8 Å². The summed E-state index contributed by atoms with van der Waals surface area (Å²) in [6.07, 6.45) is 62.9. The van der Waals surface area contributed by atoms with Crippen LogP contribution in [0.15, 0.2) is 36.5 Å². The molecule has 0 saturated carbocycles. The average Bonchev–Trinajstić information content (AvgIpc) is 3.27. The Morgan fingerprint density at radius 3 is 1.29 bits per heavy atom. The normalized spacial score (nSPS) is 12.9. The van der Waals surface area contributed by atoms with Crippen molar-refractivity contribution in [3.8, 4) is 0 Å². The third kappa shape index (κ3) is 47.6.